The topological polar surface area (TPSA) is 124 Å². The maximum Gasteiger partial charge on any atom is 0.253 e. The van der Waals surface area contributed by atoms with Crippen LogP contribution in [-0.2, 0) is 21.2 Å². The fourth-order valence-corrected chi connectivity index (χ4v) is 5.75. The third-order valence-corrected chi connectivity index (χ3v) is 8.73. The van der Waals surface area contributed by atoms with E-state index in [0.29, 0.717) is 10.8 Å². The van der Waals surface area contributed by atoms with Gasteiger partial charge in [-0.3, -0.25) is 9.59 Å². The molecule has 4 aromatic rings. The molecule has 0 bridgehead atoms. The van der Waals surface area contributed by atoms with E-state index in [-0.39, 0.29) is 29.5 Å². The molecule has 3 heterocycles. The minimum Gasteiger partial charge on any atom is -0.345 e. The van der Waals surface area contributed by atoms with E-state index >= 15 is 0 Å². The Bertz CT molecular complexity index is 1580. The van der Waals surface area contributed by atoms with Gasteiger partial charge in [0.25, 0.3) is 5.91 Å². The summed E-state index contributed by atoms with van der Waals surface area (Å²) in [6.07, 6.45) is 2.92. The molecular weight excluding hydrogens is 534 g/mol. The van der Waals surface area contributed by atoms with Crippen molar-refractivity contribution in [2.75, 3.05) is 6.54 Å². The zero-order valence-corrected chi connectivity index (χ0v) is 22.7. The van der Waals surface area contributed by atoms with Gasteiger partial charge in [0, 0.05) is 28.9 Å². The smallest absolute Gasteiger partial charge is 0.253 e. The highest BCUT2D eigenvalue weighted by atomic mass is 35.5. The summed E-state index contributed by atoms with van der Waals surface area (Å²) in [6.45, 7) is 4.64. The molecule has 1 amide bonds. The Balaban J connectivity index is 1.38. The fraction of sp³-hybridized carbons (Fsp3) is 0.240. The number of carbonyl (C=O) groups excluding carboxylic acids is 2. The lowest BCUT2D eigenvalue weighted by atomic mass is 10.1. The lowest BCUT2D eigenvalue weighted by Gasteiger charge is -2.09. The normalized spacial score (nSPS) is 11.6. The van der Waals surface area contributed by atoms with Crippen molar-refractivity contribution < 1.29 is 18.0 Å². The van der Waals surface area contributed by atoms with Gasteiger partial charge in [-0.2, -0.15) is 0 Å². The zero-order chi connectivity index (χ0) is 26.7. The zero-order valence-electron chi connectivity index (χ0n) is 20.3. The third-order valence-electron chi connectivity index (χ3n) is 5.45. The van der Waals surface area contributed by atoms with Crippen LogP contribution in [0.5, 0.6) is 0 Å². The van der Waals surface area contributed by atoms with Crippen LogP contribution in [0.3, 0.4) is 0 Å². The Morgan fingerprint density at radius 1 is 1.11 bits per heavy atom. The van der Waals surface area contributed by atoms with E-state index < -0.39 is 21.2 Å². The number of aromatic nitrogens is 4. The molecule has 1 aromatic carbocycles. The van der Waals surface area contributed by atoms with Crippen molar-refractivity contribution in [3.05, 3.63) is 75.7 Å². The Hall–Kier alpha value is -3.41. The van der Waals surface area contributed by atoms with E-state index in [0.717, 1.165) is 32.7 Å². The van der Waals surface area contributed by atoms with Crippen molar-refractivity contribution in [3.63, 3.8) is 0 Å². The van der Waals surface area contributed by atoms with Gasteiger partial charge in [0.15, 0.2) is 5.78 Å². The van der Waals surface area contributed by atoms with Crippen LogP contribution in [-0.4, -0.2) is 50.8 Å². The van der Waals surface area contributed by atoms with Crippen LogP contribution in [0.4, 0.5) is 0 Å². The first-order valence-electron chi connectivity index (χ1n) is 11.3. The van der Waals surface area contributed by atoms with E-state index in [1.54, 1.807) is 6.20 Å². The van der Waals surface area contributed by atoms with E-state index in [1.807, 2.05) is 42.6 Å². The number of nitrogens with zero attached hydrogens (tertiary/aromatic N) is 4. The number of hydrogen-bond acceptors (Lipinski definition) is 8. The molecule has 4 rings (SSSR count). The van der Waals surface area contributed by atoms with Crippen LogP contribution in [0, 0.1) is 6.92 Å². The molecule has 0 spiro atoms. The first-order valence-corrected chi connectivity index (χ1v) is 14.1. The van der Waals surface area contributed by atoms with Gasteiger partial charge in [0.2, 0.25) is 10.0 Å². The van der Waals surface area contributed by atoms with E-state index in [2.05, 4.69) is 20.3 Å². The van der Waals surface area contributed by atoms with Crippen molar-refractivity contribution in [2.45, 2.75) is 32.4 Å². The van der Waals surface area contributed by atoms with Crippen molar-refractivity contribution in [1.82, 2.24) is 24.2 Å². The monoisotopic (exact) mass is 557 g/mol. The number of ketones is 1. The maximum atomic E-state index is 12.5. The Morgan fingerprint density at radius 2 is 1.84 bits per heavy atom. The number of nitrogens with one attached hydrogen (secondary N) is 1. The molecule has 0 radical (unpaired) electrons. The number of aryl methyl sites for hydroxylation is 1. The van der Waals surface area contributed by atoms with Gasteiger partial charge < -0.3 is 5.32 Å². The van der Waals surface area contributed by atoms with Crippen molar-refractivity contribution in [2.24, 2.45) is 0 Å². The molecule has 9 nitrogen and oxygen atoms in total. The second-order valence-corrected chi connectivity index (χ2v) is 12.2. The summed E-state index contributed by atoms with van der Waals surface area (Å²) < 4.78 is 25.6. The highest BCUT2D eigenvalue weighted by molar-refractivity contribution is 7.90. The largest absolute Gasteiger partial charge is 0.345 e. The average Bonchev–Trinajstić information content (AvgIpc) is 3.49. The predicted octanol–water partition coefficient (Wildman–Crippen LogP) is 4.16. The van der Waals surface area contributed by atoms with Crippen LogP contribution >= 0.6 is 22.9 Å². The molecule has 192 valence electrons. The Kier molecular flexibility index (Phi) is 7.86. The van der Waals surface area contributed by atoms with Gasteiger partial charge in [-0.15, -0.1) is 11.3 Å². The number of hydrogen-bond donors (Lipinski definition) is 1. The molecule has 37 heavy (non-hydrogen) atoms. The molecule has 3 aromatic heterocycles. The van der Waals surface area contributed by atoms with Crippen molar-refractivity contribution >= 4 is 44.7 Å². The third kappa shape index (κ3) is 6.12. The first-order chi connectivity index (χ1) is 17.5. The van der Waals surface area contributed by atoms with Gasteiger partial charge in [-0.25, -0.2) is 27.3 Å². The standard InChI is InChI=1S/C25H24ClN5O4S2/c1-15(2)37(34,35)31-13-19(10-23(31)26)25(33)28-12-20(32)11-24-30-22(14-36-24)18-6-4-5-17(9-18)21-7-8-27-16(3)29-21/h4-10,13-15H,11-12H2,1-3H3,(H,28,33). The maximum absolute atomic E-state index is 12.5. The number of rotatable bonds is 9. The molecule has 0 aliphatic carbocycles. The molecule has 0 saturated heterocycles. The van der Waals surface area contributed by atoms with Crippen LogP contribution in [0.2, 0.25) is 5.15 Å². The van der Waals surface area contributed by atoms with Gasteiger partial charge >= 0.3 is 0 Å². The molecule has 0 aliphatic rings. The lowest BCUT2D eigenvalue weighted by Crippen LogP contribution is -2.30. The quantitative estimate of drug-likeness (QED) is 0.327. The van der Waals surface area contributed by atoms with Crippen LogP contribution < -0.4 is 5.32 Å². The Labute approximate surface area is 223 Å². The lowest BCUT2D eigenvalue weighted by molar-refractivity contribution is -0.117. The summed E-state index contributed by atoms with van der Waals surface area (Å²) in [4.78, 5) is 38.1. The summed E-state index contributed by atoms with van der Waals surface area (Å²) in [5.41, 5.74) is 3.44. The van der Waals surface area contributed by atoms with Crippen LogP contribution in [0.25, 0.3) is 22.5 Å². The molecule has 0 saturated carbocycles. The van der Waals surface area contributed by atoms with Gasteiger partial charge in [-0.1, -0.05) is 29.8 Å². The number of thiazole rings is 1. The molecule has 1 N–H and O–H groups in total. The fourth-order valence-electron chi connectivity index (χ4n) is 3.46. The molecular formula is C25H24ClN5O4S2. The van der Waals surface area contributed by atoms with Crippen LogP contribution in [0.1, 0.15) is 35.0 Å². The summed E-state index contributed by atoms with van der Waals surface area (Å²) in [6, 6.07) is 10.9. The number of halogens is 1. The predicted molar refractivity (Wildman–Crippen MR) is 143 cm³/mol. The van der Waals surface area contributed by atoms with E-state index in [1.165, 1.54) is 31.3 Å². The first kappa shape index (κ1) is 26.6. The summed E-state index contributed by atoms with van der Waals surface area (Å²) in [5.74, 6) is -0.143. The summed E-state index contributed by atoms with van der Waals surface area (Å²) in [7, 11) is -3.71. The average molecular weight is 558 g/mol. The van der Waals surface area contributed by atoms with Gasteiger partial charge in [-0.05, 0) is 39.0 Å². The van der Waals surface area contributed by atoms with Crippen molar-refractivity contribution in [1.29, 1.82) is 0 Å². The SMILES string of the molecule is Cc1nccc(-c2cccc(-c3csc(CC(=O)CNC(=O)c4cc(Cl)n(S(=O)(=O)C(C)C)c4)n3)c2)n1. The molecule has 0 atom stereocenters. The molecule has 0 aliphatic heterocycles. The molecule has 0 fully saturated rings. The van der Waals surface area contributed by atoms with Gasteiger partial charge in [0.05, 0.1) is 35.2 Å². The van der Waals surface area contributed by atoms with Crippen LogP contribution in [0.15, 0.2) is 54.2 Å². The Morgan fingerprint density at radius 3 is 2.54 bits per heavy atom. The number of carbonyl (C=O) groups is 2. The van der Waals surface area contributed by atoms with E-state index in [9.17, 15) is 18.0 Å². The summed E-state index contributed by atoms with van der Waals surface area (Å²) in [5, 5.41) is 4.21. The number of Topliss-reactive ketones (excluding diaryl/α,β-unsaturated/α-hetero) is 1. The second kappa shape index (κ2) is 10.9. The minimum absolute atomic E-state index is 0.0531. The van der Waals surface area contributed by atoms with Crippen molar-refractivity contribution in [3.8, 4) is 22.5 Å². The van der Waals surface area contributed by atoms with E-state index in [4.69, 9.17) is 11.6 Å². The molecule has 0 unspecified atom stereocenters. The number of benzene rings is 1. The highest BCUT2D eigenvalue weighted by Gasteiger charge is 2.23. The second-order valence-electron chi connectivity index (χ2n) is 8.54. The minimum atomic E-state index is -3.71. The van der Waals surface area contributed by atoms with Gasteiger partial charge in [0.1, 0.15) is 16.0 Å². The summed E-state index contributed by atoms with van der Waals surface area (Å²) >= 11 is 7.38. The highest BCUT2D eigenvalue weighted by Crippen LogP contribution is 2.27. The molecule has 12 heteroatoms. The number of amides is 1.